The van der Waals surface area contributed by atoms with Crippen molar-refractivity contribution in [2.75, 3.05) is 18.4 Å². The van der Waals surface area contributed by atoms with Crippen molar-refractivity contribution in [1.82, 2.24) is 14.3 Å². The van der Waals surface area contributed by atoms with Crippen LogP contribution < -0.4 is 10.9 Å². The number of anilines is 1. The van der Waals surface area contributed by atoms with E-state index in [0.717, 1.165) is 18.4 Å². The standard InChI is InChI=1S/C25H34N4O2S2/c1-5-6-7-8-9-10-13-29-24(31)20(33-25(29)32)15-19-21(26-16-17(2)3)27-22-18(4)12-11-14-28(22)23(19)30/h11-12,14-15,17,26H,5-10,13,16H2,1-4H3/b20-15+. The van der Waals surface area contributed by atoms with Gasteiger partial charge in [0.25, 0.3) is 11.5 Å². The molecule has 1 aliphatic heterocycles. The average Bonchev–Trinajstić information content (AvgIpc) is 3.04. The minimum Gasteiger partial charge on any atom is -0.369 e. The number of nitrogens with zero attached hydrogens (tertiary/aromatic N) is 3. The normalized spacial score (nSPS) is 15.4. The van der Waals surface area contributed by atoms with Crippen molar-refractivity contribution in [3.63, 3.8) is 0 Å². The van der Waals surface area contributed by atoms with Crippen LogP contribution in [0.3, 0.4) is 0 Å². The molecule has 1 amide bonds. The number of hydrogen-bond acceptors (Lipinski definition) is 6. The maximum Gasteiger partial charge on any atom is 0.267 e. The Morgan fingerprint density at radius 2 is 1.91 bits per heavy atom. The Morgan fingerprint density at radius 1 is 1.18 bits per heavy atom. The van der Waals surface area contributed by atoms with Gasteiger partial charge in [-0.3, -0.25) is 18.9 Å². The third-order valence-electron chi connectivity index (χ3n) is 5.65. The van der Waals surface area contributed by atoms with Gasteiger partial charge in [-0.2, -0.15) is 0 Å². The molecule has 2 aromatic rings. The van der Waals surface area contributed by atoms with Crippen molar-refractivity contribution in [2.45, 2.75) is 66.2 Å². The Morgan fingerprint density at radius 3 is 2.64 bits per heavy atom. The number of hydrogen-bond donors (Lipinski definition) is 1. The van der Waals surface area contributed by atoms with Crippen LogP contribution in [0.2, 0.25) is 0 Å². The monoisotopic (exact) mass is 486 g/mol. The number of carbonyl (C=O) groups excluding carboxylic acids is 1. The van der Waals surface area contributed by atoms with Crippen molar-refractivity contribution in [2.24, 2.45) is 5.92 Å². The van der Waals surface area contributed by atoms with Gasteiger partial charge in [-0.15, -0.1) is 0 Å². The highest BCUT2D eigenvalue weighted by atomic mass is 32.2. The van der Waals surface area contributed by atoms with E-state index in [4.69, 9.17) is 17.2 Å². The minimum absolute atomic E-state index is 0.123. The van der Waals surface area contributed by atoms with Gasteiger partial charge in [0.1, 0.15) is 15.8 Å². The van der Waals surface area contributed by atoms with Crippen LogP contribution in [0, 0.1) is 12.8 Å². The van der Waals surface area contributed by atoms with Crippen LogP contribution in [0.15, 0.2) is 28.0 Å². The van der Waals surface area contributed by atoms with Gasteiger partial charge in [-0.05, 0) is 37.0 Å². The maximum atomic E-state index is 13.4. The van der Waals surface area contributed by atoms with Crippen LogP contribution in [0.25, 0.3) is 11.7 Å². The molecule has 1 aliphatic rings. The van der Waals surface area contributed by atoms with Gasteiger partial charge in [0.05, 0.1) is 10.5 Å². The highest BCUT2D eigenvalue weighted by Crippen LogP contribution is 2.33. The molecule has 6 nitrogen and oxygen atoms in total. The summed E-state index contributed by atoms with van der Waals surface area (Å²) in [7, 11) is 0. The first-order valence-electron chi connectivity index (χ1n) is 11.8. The summed E-state index contributed by atoms with van der Waals surface area (Å²) in [5.74, 6) is 0.761. The number of nitrogens with one attached hydrogen (secondary N) is 1. The number of fused-ring (bicyclic) bond motifs is 1. The van der Waals surface area contributed by atoms with Crippen LogP contribution in [0.5, 0.6) is 0 Å². The molecule has 1 saturated heterocycles. The van der Waals surface area contributed by atoms with E-state index in [0.29, 0.717) is 45.3 Å². The molecule has 0 aliphatic carbocycles. The number of thioether (sulfide) groups is 1. The lowest BCUT2D eigenvalue weighted by atomic mass is 10.1. The van der Waals surface area contributed by atoms with Gasteiger partial charge in [-0.25, -0.2) is 4.98 Å². The molecule has 3 rings (SSSR count). The third-order valence-corrected chi connectivity index (χ3v) is 7.02. The second kappa shape index (κ2) is 11.8. The number of aryl methyl sites for hydroxylation is 1. The minimum atomic E-state index is -0.198. The van der Waals surface area contributed by atoms with Crippen molar-refractivity contribution in [3.8, 4) is 0 Å². The summed E-state index contributed by atoms with van der Waals surface area (Å²) in [6.07, 6.45) is 10.3. The fourth-order valence-corrected chi connectivity index (χ4v) is 5.04. The Balaban J connectivity index is 1.87. The van der Waals surface area contributed by atoms with E-state index in [1.807, 2.05) is 19.1 Å². The second-order valence-electron chi connectivity index (χ2n) is 8.94. The number of aromatic nitrogens is 2. The second-order valence-corrected chi connectivity index (χ2v) is 10.6. The number of unbranched alkanes of at least 4 members (excludes halogenated alkanes) is 5. The molecule has 0 radical (unpaired) electrons. The molecule has 0 saturated carbocycles. The van der Waals surface area contributed by atoms with Gasteiger partial charge in [0.15, 0.2) is 0 Å². The smallest absolute Gasteiger partial charge is 0.267 e. The average molecular weight is 487 g/mol. The van der Waals surface area contributed by atoms with Crippen LogP contribution in [0.4, 0.5) is 5.82 Å². The van der Waals surface area contributed by atoms with Crippen molar-refractivity contribution in [3.05, 3.63) is 44.7 Å². The summed E-state index contributed by atoms with van der Waals surface area (Å²) in [6.45, 7) is 9.63. The van der Waals surface area contributed by atoms with Crippen LogP contribution in [0.1, 0.15) is 70.4 Å². The summed E-state index contributed by atoms with van der Waals surface area (Å²) in [6, 6.07) is 3.76. The lowest BCUT2D eigenvalue weighted by Crippen LogP contribution is -2.29. The summed E-state index contributed by atoms with van der Waals surface area (Å²) >= 11 is 6.75. The summed E-state index contributed by atoms with van der Waals surface area (Å²) in [5.41, 5.74) is 1.72. The summed E-state index contributed by atoms with van der Waals surface area (Å²) in [4.78, 5) is 33.3. The van der Waals surface area contributed by atoms with Crippen LogP contribution in [-0.4, -0.2) is 37.6 Å². The number of thiocarbonyl (C=S) groups is 1. The molecule has 33 heavy (non-hydrogen) atoms. The van der Waals surface area contributed by atoms with E-state index >= 15 is 0 Å². The number of carbonyl (C=O) groups is 1. The molecule has 0 unspecified atom stereocenters. The third kappa shape index (κ3) is 6.23. The Labute approximate surface area is 205 Å². The Kier molecular flexibility index (Phi) is 9.09. The Hall–Kier alpha value is -2.19. The largest absolute Gasteiger partial charge is 0.369 e. The number of amides is 1. The van der Waals surface area contributed by atoms with Crippen LogP contribution in [-0.2, 0) is 4.79 Å². The lowest BCUT2D eigenvalue weighted by molar-refractivity contribution is -0.122. The molecular weight excluding hydrogens is 452 g/mol. The zero-order chi connectivity index (χ0) is 24.0. The summed E-state index contributed by atoms with van der Waals surface area (Å²) in [5, 5.41) is 3.31. The molecule has 3 heterocycles. The highest BCUT2D eigenvalue weighted by Gasteiger charge is 2.32. The van der Waals surface area contributed by atoms with Crippen molar-refractivity contribution >= 4 is 51.7 Å². The molecule has 0 aromatic carbocycles. The van der Waals surface area contributed by atoms with Crippen LogP contribution >= 0.6 is 24.0 Å². The molecule has 1 N–H and O–H groups in total. The van der Waals surface area contributed by atoms with Gasteiger partial charge in [0.2, 0.25) is 0 Å². The number of rotatable bonds is 11. The van der Waals surface area contributed by atoms with Gasteiger partial charge < -0.3 is 5.32 Å². The first kappa shape index (κ1) is 25.4. The molecule has 8 heteroatoms. The van der Waals surface area contributed by atoms with E-state index in [1.165, 1.54) is 37.4 Å². The fraction of sp³-hybridized carbons (Fsp3) is 0.520. The predicted octanol–water partition coefficient (Wildman–Crippen LogP) is 5.63. The van der Waals surface area contributed by atoms with Gasteiger partial charge >= 0.3 is 0 Å². The van der Waals surface area contributed by atoms with Crippen molar-refractivity contribution < 1.29 is 4.79 Å². The first-order chi connectivity index (χ1) is 15.8. The molecule has 0 atom stereocenters. The SMILES string of the molecule is CCCCCCCCN1C(=O)/C(=C\c2c(NCC(C)C)nc3c(C)cccn3c2=O)SC1=S. The zero-order valence-electron chi connectivity index (χ0n) is 20.0. The number of pyridine rings is 1. The molecular formula is C25H34N4O2S2. The van der Waals surface area contributed by atoms with Gasteiger partial charge in [0, 0.05) is 19.3 Å². The summed E-state index contributed by atoms with van der Waals surface area (Å²) < 4.78 is 2.10. The predicted molar refractivity (Wildman–Crippen MR) is 143 cm³/mol. The molecule has 0 spiro atoms. The quantitative estimate of drug-likeness (QED) is 0.252. The van der Waals surface area contributed by atoms with Crippen molar-refractivity contribution in [1.29, 1.82) is 0 Å². The van der Waals surface area contributed by atoms with Gasteiger partial charge in [-0.1, -0.05) is 82.9 Å². The topological polar surface area (TPSA) is 66.7 Å². The Bertz CT molecular complexity index is 1110. The van der Waals surface area contributed by atoms with E-state index in [-0.39, 0.29) is 11.5 Å². The van der Waals surface area contributed by atoms with E-state index in [2.05, 4.69) is 26.1 Å². The highest BCUT2D eigenvalue weighted by molar-refractivity contribution is 8.26. The molecule has 178 valence electrons. The molecule has 0 bridgehead atoms. The maximum absolute atomic E-state index is 13.4. The zero-order valence-corrected chi connectivity index (χ0v) is 21.7. The molecule has 2 aromatic heterocycles. The first-order valence-corrected chi connectivity index (χ1v) is 13.1. The molecule has 1 fully saturated rings. The van der Waals surface area contributed by atoms with E-state index < -0.39 is 0 Å². The fourth-order valence-electron chi connectivity index (χ4n) is 3.75. The van der Waals surface area contributed by atoms with E-state index in [1.54, 1.807) is 21.6 Å². The lowest BCUT2D eigenvalue weighted by Gasteiger charge is -2.14. The van der Waals surface area contributed by atoms with E-state index in [9.17, 15) is 9.59 Å².